The van der Waals surface area contributed by atoms with Crippen LogP contribution in [0.3, 0.4) is 0 Å². The van der Waals surface area contributed by atoms with Gasteiger partial charge in [-0.25, -0.2) is 9.07 Å². The number of nitrogens with one attached hydrogen (secondary N) is 3. The molecular formula is C59H62F4N12O7. The Balaban J connectivity index is 0.878. The lowest BCUT2D eigenvalue weighted by Crippen LogP contribution is -2.50. The lowest BCUT2D eigenvalue weighted by Gasteiger charge is -2.30. The smallest absolute Gasteiger partial charge is 0.417 e. The number of methoxy groups -OCH3 is 1. The Bertz CT molecular complexity index is 3670. The summed E-state index contributed by atoms with van der Waals surface area (Å²) in [6.07, 6.45) is -0.908. The number of halogens is 4. The van der Waals surface area contributed by atoms with Crippen LogP contribution < -0.4 is 25.0 Å². The fourth-order valence-electron chi connectivity index (χ4n) is 11.5. The van der Waals surface area contributed by atoms with Gasteiger partial charge in [0.05, 0.1) is 48.3 Å². The van der Waals surface area contributed by atoms with Gasteiger partial charge in [-0.15, -0.1) is 5.10 Å². The average Bonchev–Trinajstić information content (AvgIpc) is 4.51. The number of ether oxygens (including phenoxy) is 3. The zero-order chi connectivity index (χ0) is 57.7. The van der Waals surface area contributed by atoms with E-state index in [4.69, 9.17) is 24.2 Å². The standard InChI is InChI=1S/C59H62F4N12O7/c1-30(2)53(57(79)74-25-40(77)19-49(74)56(78)67-48(27-76)37-15-13-35(14-16-37)41-8-7-17-64-33(41)5)75-26-47(71-72-75)36-11-9-34(10-12-36)29-81-54-51(50-32(4)45(60)21-46-43(50)23-66-70-46)44(59(61,62)63)20-42-52(54)68-58(82-28-31(3)80-6)69-55(42)73-24-38-18-39(73)22-65-38/h7-17,20-21,23,26,30-31,38-40,48-49,53,65,76-77H,18-19,22,24-25,27-29H2,1-6H3,(H,66,70)(H,67,78)/t31-,38-,39-,40+,48-,49-,53-/m0/s1. The molecule has 428 valence electrons. The number of aromatic amines is 1. The van der Waals surface area contributed by atoms with Crippen LogP contribution in [-0.4, -0.2) is 137 Å². The summed E-state index contributed by atoms with van der Waals surface area (Å²) in [6.45, 7) is 9.12. The quantitative estimate of drug-likeness (QED) is 0.0516. The summed E-state index contributed by atoms with van der Waals surface area (Å²) in [5.74, 6) is -2.12. The maximum atomic E-state index is 15.9. The van der Waals surface area contributed by atoms with Crippen molar-refractivity contribution < 1.29 is 51.6 Å². The Labute approximate surface area is 469 Å². The molecule has 3 aliphatic heterocycles. The SMILES string of the molecule is CO[C@@H](C)COc1nc(N2C[C@@H]3C[C@H]2CN3)c2cc(C(F)(F)F)c(-c3c(C)c(F)cc4[nH]ncc34)c(OCc3ccc(-c4cn([C@H](C(=O)N5C[C@H](O)C[C@H]5C(=O)N[C@@H](CO)c5ccc(-c6cccnc6C)cc5)C(C)C)nn4)cc3)c2n1. The van der Waals surface area contributed by atoms with Gasteiger partial charge in [0.2, 0.25) is 11.8 Å². The Morgan fingerprint density at radius 1 is 0.939 bits per heavy atom. The highest BCUT2D eigenvalue weighted by atomic mass is 19.4. The number of pyridine rings is 1. The zero-order valence-corrected chi connectivity index (χ0v) is 45.9. The molecule has 11 rings (SSSR count). The second-order valence-electron chi connectivity index (χ2n) is 21.7. The summed E-state index contributed by atoms with van der Waals surface area (Å²) in [5, 5.41) is 43.5. The van der Waals surface area contributed by atoms with E-state index < -0.39 is 65.8 Å². The summed E-state index contributed by atoms with van der Waals surface area (Å²) in [4.78, 5) is 45.8. The molecule has 82 heavy (non-hydrogen) atoms. The van der Waals surface area contributed by atoms with Gasteiger partial charge in [0.1, 0.15) is 48.1 Å². The van der Waals surface area contributed by atoms with E-state index in [1.807, 2.05) is 62.1 Å². The van der Waals surface area contributed by atoms with Crippen LogP contribution in [-0.2, 0) is 27.1 Å². The normalized spacial score (nSPS) is 19.1. The number of β-amino-alcohol motifs (C(OH)–C–C–N with tert-alkyl or cyclic N) is 1. The van der Waals surface area contributed by atoms with E-state index in [-0.39, 0.29) is 101 Å². The van der Waals surface area contributed by atoms with E-state index >= 15 is 17.6 Å². The van der Waals surface area contributed by atoms with E-state index in [2.05, 4.69) is 36.1 Å². The molecule has 8 aromatic rings. The summed E-state index contributed by atoms with van der Waals surface area (Å²) in [6, 6.07) is 17.5. The highest BCUT2D eigenvalue weighted by Gasteiger charge is 2.45. The van der Waals surface area contributed by atoms with Crippen LogP contribution in [0.5, 0.6) is 11.8 Å². The van der Waals surface area contributed by atoms with Gasteiger partial charge in [0.25, 0.3) is 0 Å². The molecule has 23 heteroatoms. The molecule has 0 saturated carbocycles. The van der Waals surface area contributed by atoms with Crippen molar-refractivity contribution in [1.29, 1.82) is 0 Å². The molecule has 3 aliphatic rings. The molecule has 2 bridgehead atoms. The molecule has 0 aliphatic carbocycles. The van der Waals surface area contributed by atoms with Crippen LogP contribution in [0.15, 0.2) is 91.4 Å². The molecule has 2 amide bonds. The molecule has 7 atom stereocenters. The van der Waals surface area contributed by atoms with Crippen molar-refractivity contribution in [2.75, 3.05) is 44.9 Å². The predicted octanol–water partition coefficient (Wildman–Crippen LogP) is 7.82. The third-order valence-corrected chi connectivity index (χ3v) is 15.9. The topological polar surface area (TPSA) is 231 Å². The number of rotatable bonds is 18. The first-order chi connectivity index (χ1) is 39.4. The molecule has 0 radical (unpaired) electrons. The van der Waals surface area contributed by atoms with Crippen molar-refractivity contribution >= 4 is 39.4 Å². The largest absolute Gasteiger partial charge is 0.486 e. The first-order valence-corrected chi connectivity index (χ1v) is 27.2. The van der Waals surface area contributed by atoms with Gasteiger partial charge in [0, 0.05) is 90.2 Å². The van der Waals surface area contributed by atoms with Crippen molar-refractivity contribution in [3.63, 3.8) is 0 Å². The van der Waals surface area contributed by atoms with Crippen LogP contribution in [0.2, 0.25) is 0 Å². The first-order valence-electron chi connectivity index (χ1n) is 27.2. The minimum atomic E-state index is -4.98. The van der Waals surface area contributed by atoms with Crippen LogP contribution in [0.25, 0.3) is 55.3 Å². The monoisotopic (exact) mass is 1130 g/mol. The molecule has 3 fully saturated rings. The maximum Gasteiger partial charge on any atom is 0.417 e. The van der Waals surface area contributed by atoms with E-state index in [1.165, 1.54) is 35.9 Å². The summed E-state index contributed by atoms with van der Waals surface area (Å²) in [5.41, 5.74) is 3.44. The molecule has 4 aromatic carbocycles. The highest BCUT2D eigenvalue weighted by Crippen LogP contribution is 2.51. The molecule has 7 heterocycles. The molecular weight excluding hydrogens is 1060 g/mol. The number of alkyl halides is 3. The number of nitrogens with zero attached hydrogens (tertiary/aromatic N) is 9. The number of carbonyl (C=O) groups excluding carboxylic acids is 2. The number of aliphatic hydroxyl groups excluding tert-OH is 2. The Kier molecular flexibility index (Phi) is 15.4. The lowest BCUT2D eigenvalue weighted by atomic mass is 9.90. The second kappa shape index (κ2) is 22.7. The van der Waals surface area contributed by atoms with Crippen LogP contribution >= 0.6 is 0 Å². The van der Waals surface area contributed by atoms with E-state index in [9.17, 15) is 19.8 Å². The highest BCUT2D eigenvalue weighted by molar-refractivity contribution is 6.06. The van der Waals surface area contributed by atoms with Gasteiger partial charge >= 0.3 is 12.2 Å². The van der Waals surface area contributed by atoms with Crippen LogP contribution in [0.4, 0.5) is 23.4 Å². The van der Waals surface area contributed by atoms with Gasteiger partial charge in [-0.2, -0.15) is 28.2 Å². The van der Waals surface area contributed by atoms with Gasteiger partial charge in [-0.1, -0.05) is 73.7 Å². The van der Waals surface area contributed by atoms with E-state index in [1.54, 1.807) is 43.6 Å². The minimum absolute atomic E-state index is 0.0157. The number of hydrogen-bond donors (Lipinski definition) is 5. The fourth-order valence-corrected chi connectivity index (χ4v) is 11.5. The number of benzene rings is 4. The van der Waals surface area contributed by atoms with Crippen molar-refractivity contribution in [3.05, 3.63) is 125 Å². The molecule has 4 aromatic heterocycles. The minimum Gasteiger partial charge on any atom is -0.486 e. The van der Waals surface area contributed by atoms with Crippen molar-refractivity contribution in [1.82, 2.24) is 55.7 Å². The Morgan fingerprint density at radius 2 is 1.71 bits per heavy atom. The van der Waals surface area contributed by atoms with Crippen LogP contribution in [0.1, 0.15) is 73.6 Å². The van der Waals surface area contributed by atoms with Gasteiger partial charge < -0.3 is 44.9 Å². The number of fused-ring (bicyclic) bond motifs is 4. The van der Waals surface area contributed by atoms with Gasteiger partial charge in [0.15, 0.2) is 5.75 Å². The predicted molar refractivity (Wildman–Crippen MR) is 296 cm³/mol. The third-order valence-electron chi connectivity index (χ3n) is 15.9. The summed E-state index contributed by atoms with van der Waals surface area (Å²) in [7, 11) is 1.52. The number of amides is 2. The van der Waals surface area contributed by atoms with Crippen molar-refractivity contribution in [3.8, 4) is 45.3 Å². The van der Waals surface area contributed by atoms with Crippen molar-refractivity contribution in [2.24, 2.45) is 5.92 Å². The number of aromatic nitrogens is 8. The van der Waals surface area contributed by atoms with Crippen molar-refractivity contribution in [2.45, 2.75) is 103 Å². The summed E-state index contributed by atoms with van der Waals surface area (Å²) >= 11 is 0. The Morgan fingerprint density at radius 3 is 2.39 bits per heavy atom. The number of carbonyl (C=O) groups is 2. The van der Waals surface area contributed by atoms with E-state index in [0.29, 0.717) is 35.5 Å². The maximum absolute atomic E-state index is 15.9. The number of aryl methyl sites for hydroxylation is 1. The number of anilines is 1. The fraction of sp³-hybridized carbons (Fsp3) is 0.390. The Hall–Kier alpha value is -8.12. The van der Waals surface area contributed by atoms with Gasteiger partial charge in [-0.3, -0.25) is 19.7 Å². The second-order valence-corrected chi connectivity index (χ2v) is 21.7. The molecule has 5 N–H and O–H groups in total. The molecule has 0 spiro atoms. The molecule has 0 unspecified atom stereocenters. The van der Waals surface area contributed by atoms with Crippen LogP contribution in [0, 0.1) is 25.6 Å². The number of hydrogen-bond acceptors (Lipinski definition) is 15. The number of H-pyrrole nitrogens is 1. The number of aliphatic hydroxyl groups is 2. The first kappa shape index (κ1) is 55.8. The lowest BCUT2D eigenvalue weighted by molar-refractivity contribution is -0.142. The average molecular weight is 1130 g/mol. The number of likely N-dealkylation sites (tertiary alicyclic amines) is 1. The van der Waals surface area contributed by atoms with E-state index in [0.717, 1.165) is 29.3 Å². The third kappa shape index (κ3) is 10.8. The number of piperazine rings is 1. The molecule has 19 nitrogen and oxygen atoms in total. The zero-order valence-electron chi connectivity index (χ0n) is 45.9. The summed E-state index contributed by atoms with van der Waals surface area (Å²) < 4.78 is 83.0. The van der Waals surface area contributed by atoms with Gasteiger partial charge in [-0.05, 0) is 73.6 Å². The molecule has 3 saturated heterocycles.